The zero-order valence-corrected chi connectivity index (χ0v) is 12.4. The zero-order chi connectivity index (χ0) is 14.3. The Balaban J connectivity index is 2.85. The Morgan fingerprint density at radius 3 is 2.21 bits per heavy atom. The van der Waals surface area contributed by atoms with E-state index in [2.05, 4.69) is 32.3 Å². The Bertz CT molecular complexity index is 404. The van der Waals surface area contributed by atoms with Crippen LogP contribution in [0.4, 0.5) is 5.69 Å². The lowest BCUT2D eigenvalue weighted by atomic mass is 9.92. The van der Waals surface area contributed by atoms with Gasteiger partial charge in [0, 0.05) is 30.3 Å². The van der Waals surface area contributed by atoms with Crippen molar-refractivity contribution in [1.82, 2.24) is 0 Å². The third-order valence-corrected chi connectivity index (χ3v) is 3.60. The highest BCUT2D eigenvalue weighted by molar-refractivity contribution is 5.98. The molecule has 0 spiro atoms. The summed E-state index contributed by atoms with van der Waals surface area (Å²) in [7, 11) is 0. The van der Waals surface area contributed by atoms with Gasteiger partial charge in [0.05, 0.1) is 0 Å². The molecular weight excluding hydrogens is 234 g/mol. The Hall–Kier alpha value is -1.57. The van der Waals surface area contributed by atoms with Crippen LogP contribution < -0.4 is 4.90 Å². The lowest BCUT2D eigenvalue weighted by molar-refractivity contribution is 0.0918. The molecule has 1 unspecified atom stereocenters. The number of carbonyl (C=O) groups is 1. The maximum atomic E-state index is 12.3. The van der Waals surface area contributed by atoms with Crippen molar-refractivity contribution in [3.05, 3.63) is 42.5 Å². The van der Waals surface area contributed by atoms with E-state index >= 15 is 0 Å². The highest BCUT2D eigenvalue weighted by Gasteiger charge is 2.16. The van der Waals surface area contributed by atoms with Crippen LogP contribution in [0.1, 0.15) is 44.0 Å². The van der Waals surface area contributed by atoms with Crippen molar-refractivity contribution >= 4 is 11.5 Å². The van der Waals surface area contributed by atoms with Gasteiger partial charge >= 0.3 is 0 Å². The van der Waals surface area contributed by atoms with E-state index in [0.29, 0.717) is 0 Å². The number of allylic oxidation sites excluding steroid dienone is 1. The number of hydrogen-bond donors (Lipinski definition) is 0. The molecule has 0 saturated carbocycles. The summed E-state index contributed by atoms with van der Waals surface area (Å²) in [6.07, 6.45) is 3.45. The summed E-state index contributed by atoms with van der Waals surface area (Å²) in [6.45, 7) is 12.0. The van der Waals surface area contributed by atoms with Gasteiger partial charge in [-0.2, -0.15) is 0 Å². The predicted octanol–water partition coefficient (Wildman–Crippen LogP) is 4.32. The van der Waals surface area contributed by atoms with Gasteiger partial charge in [-0.25, -0.2) is 0 Å². The molecule has 0 aliphatic rings. The van der Waals surface area contributed by atoms with Crippen LogP contribution in [0.2, 0.25) is 0 Å². The standard InChI is InChI=1S/C17H25NO/c1-5-9-14(6-2)17(19)15-10-12-16(13-11-15)18(7-3)8-4/h5,10-14H,1,6-9H2,2-4H3. The largest absolute Gasteiger partial charge is 0.372 e. The fourth-order valence-electron chi connectivity index (χ4n) is 2.32. The highest BCUT2D eigenvalue weighted by atomic mass is 16.1. The average Bonchev–Trinajstić information content (AvgIpc) is 2.46. The van der Waals surface area contributed by atoms with E-state index in [1.165, 1.54) is 5.69 Å². The first kappa shape index (κ1) is 15.5. The van der Waals surface area contributed by atoms with Crippen LogP contribution in [-0.4, -0.2) is 18.9 Å². The fraction of sp³-hybridized carbons (Fsp3) is 0.471. The molecule has 0 radical (unpaired) electrons. The number of ketones is 1. The maximum Gasteiger partial charge on any atom is 0.166 e. The monoisotopic (exact) mass is 259 g/mol. The number of anilines is 1. The molecule has 0 heterocycles. The van der Waals surface area contributed by atoms with Gasteiger partial charge in [-0.15, -0.1) is 6.58 Å². The molecule has 2 nitrogen and oxygen atoms in total. The number of rotatable bonds is 8. The Labute approximate surface area is 117 Å². The first-order valence-corrected chi connectivity index (χ1v) is 7.17. The molecule has 0 fully saturated rings. The number of hydrogen-bond acceptors (Lipinski definition) is 2. The predicted molar refractivity (Wildman–Crippen MR) is 82.9 cm³/mol. The first-order chi connectivity index (χ1) is 9.17. The molecule has 0 aliphatic heterocycles. The average molecular weight is 259 g/mol. The molecule has 1 aromatic carbocycles. The van der Waals surface area contributed by atoms with Crippen LogP contribution in [0, 0.1) is 5.92 Å². The van der Waals surface area contributed by atoms with Crippen molar-refractivity contribution in [2.24, 2.45) is 5.92 Å². The van der Waals surface area contributed by atoms with Gasteiger partial charge in [0.1, 0.15) is 0 Å². The molecule has 1 aromatic rings. The van der Waals surface area contributed by atoms with Crippen LogP contribution in [0.25, 0.3) is 0 Å². The fourth-order valence-corrected chi connectivity index (χ4v) is 2.32. The molecule has 0 amide bonds. The van der Waals surface area contributed by atoms with Gasteiger partial charge in [-0.05, 0) is 51.0 Å². The zero-order valence-electron chi connectivity index (χ0n) is 12.4. The normalized spacial score (nSPS) is 11.9. The van der Waals surface area contributed by atoms with Gasteiger partial charge < -0.3 is 4.90 Å². The molecular formula is C17H25NO. The van der Waals surface area contributed by atoms with E-state index in [9.17, 15) is 4.79 Å². The molecule has 1 atom stereocenters. The maximum absolute atomic E-state index is 12.3. The summed E-state index contributed by atoms with van der Waals surface area (Å²) in [5.41, 5.74) is 1.99. The van der Waals surface area contributed by atoms with Crippen molar-refractivity contribution in [2.45, 2.75) is 33.6 Å². The van der Waals surface area contributed by atoms with Gasteiger partial charge in [0.2, 0.25) is 0 Å². The molecule has 104 valence electrons. The minimum absolute atomic E-state index is 0.0665. The number of benzene rings is 1. The molecule has 0 N–H and O–H groups in total. The van der Waals surface area contributed by atoms with Gasteiger partial charge in [0.15, 0.2) is 5.78 Å². The summed E-state index contributed by atoms with van der Waals surface area (Å²) in [5, 5.41) is 0. The smallest absolute Gasteiger partial charge is 0.166 e. The molecule has 0 saturated heterocycles. The summed E-state index contributed by atoms with van der Waals surface area (Å²) in [6, 6.07) is 7.98. The van der Waals surface area contributed by atoms with Crippen molar-refractivity contribution in [3.8, 4) is 0 Å². The number of carbonyl (C=O) groups excluding carboxylic acids is 1. The van der Waals surface area contributed by atoms with Crippen LogP contribution in [0.3, 0.4) is 0 Å². The topological polar surface area (TPSA) is 20.3 Å². The van der Waals surface area contributed by atoms with Gasteiger partial charge in [-0.1, -0.05) is 13.0 Å². The van der Waals surface area contributed by atoms with Crippen molar-refractivity contribution < 1.29 is 4.79 Å². The van der Waals surface area contributed by atoms with E-state index in [1.807, 2.05) is 30.3 Å². The third-order valence-electron chi connectivity index (χ3n) is 3.60. The minimum atomic E-state index is 0.0665. The summed E-state index contributed by atoms with van der Waals surface area (Å²) < 4.78 is 0. The van der Waals surface area contributed by atoms with Gasteiger partial charge in [-0.3, -0.25) is 4.79 Å². The molecule has 19 heavy (non-hydrogen) atoms. The Kier molecular flexibility index (Phi) is 6.34. The second-order valence-electron chi connectivity index (χ2n) is 4.71. The quantitative estimate of drug-likeness (QED) is 0.512. The lowest BCUT2D eigenvalue weighted by Crippen LogP contribution is -2.21. The third kappa shape index (κ3) is 3.95. The summed E-state index contributed by atoms with van der Waals surface area (Å²) in [4.78, 5) is 14.6. The highest BCUT2D eigenvalue weighted by Crippen LogP contribution is 2.20. The van der Waals surface area contributed by atoms with Crippen LogP contribution >= 0.6 is 0 Å². The van der Waals surface area contributed by atoms with E-state index < -0.39 is 0 Å². The van der Waals surface area contributed by atoms with Crippen LogP contribution in [-0.2, 0) is 0 Å². The van der Waals surface area contributed by atoms with Crippen molar-refractivity contribution in [3.63, 3.8) is 0 Å². The first-order valence-electron chi connectivity index (χ1n) is 7.17. The van der Waals surface area contributed by atoms with E-state index in [-0.39, 0.29) is 11.7 Å². The summed E-state index contributed by atoms with van der Waals surface area (Å²) in [5.74, 6) is 0.297. The second-order valence-corrected chi connectivity index (χ2v) is 4.71. The minimum Gasteiger partial charge on any atom is -0.372 e. The Morgan fingerprint density at radius 2 is 1.79 bits per heavy atom. The second kappa shape index (κ2) is 7.78. The number of Topliss-reactive ketones (excluding diaryl/α,β-unsaturated/α-hetero) is 1. The molecule has 2 heteroatoms. The van der Waals surface area contributed by atoms with E-state index in [4.69, 9.17) is 0 Å². The lowest BCUT2D eigenvalue weighted by Gasteiger charge is -2.21. The van der Waals surface area contributed by atoms with Crippen molar-refractivity contribution in [1.29, 1.82) is 0 Å². The number of nitrogens with zero attached hydrogens (tertiary/aromatic N) is 1. The van der Waals surface area contributed by atoms with Crippen LogP contribution in [0.15, 0.2) is 36.9 Å². The van der Waals surface area contributed by atoms with Crippen molar-refractivity contribution in [2.75, 3.05) is 18.0 Å². The van der Waals surface area contributed by atoms with E-state index in [1.54, 1.807) is 0 Å². The SMILES string of the molecule is C=CCC(CC)C(=O)c1ccc(N(CC)CC)cc1. The molecule has 0 aromatic heterocycles. The molecule has 1 rings (SSSR count). The van der Waals surface area contributed by atoms with Gasteiger partial charge in [0.25, 0.3) is 0 Å². The summed E-state index contributed by atoms with van der Waals surface area (Å²) >= 11 is 0. The molecule has 0 aliphatic carbocycles. The Morgan fingerprint density at radius 1 is 1.21 bits per heavy atom. The van der Waals surface area contributed by atoms with E-state index in [0.717, 1.165) is 31.5 Å². The van der Waals surface area contributed by atoms with Crippen LogP contribution in [0.5, 0.6) is 0 Å². The molecule has 0 bridgehead atoms.